The van der Waals surface area contributed by atoms with E-state index in [0.717, 1.165) is 22.7 Å². The van der Waals surface area contributed by atoms with Gasteiger partial charge in [-0.3, -0.25) is 0 Å². The molecule has 0 atom stereocenters. The predicted octanol–water partition coefficient (Wildman–Crippen LogP) is 12.7. The second-order valence-electron chi connectivity index (χ2n) is 12.2. The lowest BCUT2D eigenvalue weighted by Crippen LogP contribution is -2.14. The van der Waals surface area contributed by atoms with Crippen molar-refractivity contribution in [2.75, 3.05) is 4.90 Å². The third kappa shape index (κ3) is 4.74. The molecule has 8 aromatic carbocycles. The molecule has 0 spiro atoms. The van der Waals surface area contributed by atoms with Crippen molar-refractivity contribution < 1.29 is 0 Å². The van der Waals surface area contributed by atoms with Crippen molar-refractivity contribution in [3.05, 3.63) is 194 Å². The molecule has 1 aromatic heterocycles. The quantitative estimate of drug-likeness (QED) is 0.181. The molecular weight excluding hydrogens is 581 g/mol. The molecule has 0 fully saturated rings. The number of hydrogen-bond acceptors (Lipinski definition) is 1. The Balaban J connectivity index is 1.36. The number of benzene rings is 8. The first-order valence-electron chi connectivity index (χ1n) is 16.4. The molecule has 0 aliphatic heterocycles. The number of nitrogens with zero attached hydrogens (tertiary/aromatic N) is 2. The molecule has 9 rings (SSSR count). The maximum atomic E-state index is 2.45. The van der Waals surface area contributed by atoms with Gasteiger partial charge in [-0.1, -0.05) is 152 Å². The fourth-order valence-electron chi connectivity index (χ4n) is 7.14. The van der Waals surface area contributed by atoms with Gasteiger partial charge >= 0.3 is 0 Å². The zero-order chi connectivity index (χ0) is 31.9. The topological polar surface area (TPSA) is 8.17 Å². The van der Waals surface area contributed by atoms with Gasteiger partial charge in [-0.05, 0) is 70.1 Å². The summed E-state index contributed by atoms with van der Waals surface area (Å²) >= 11 is 0. The fourth-order valence-corrected chi connectivity index (χ4v) is 7.14. The Morgan fingerprint density at radius 2 is 0.854 bits per heavy atom. The van der Waals surface area contributed by atoms with Gasteiger partial charge in [0.05, 0.1) is 22.4 Å². The molecule has 0 aliphatic rings. The highest BCUT2D eigenvalue weighted by Gasteiger charge is 2.23. The lowest BCUT2D eigenvalue weighted by Gasteiger charge is -2.30. The SMILES string of the molecule is c1ccc(-c2ccc(N(c3cccc(-c4ccccc4)c3)c3c(-n4c5ccccc5c5ccccc54)ccc4ccccc34)cc2)cc1. The number of anilines is 3. The van der Waals surface area contributed by atoms with Gasteiger partial charge in [-0.25, -0.2) is 0 Å². The van der Waals surface area contributed by atoms with Gasteiger partial charge in [-0.15, -0.1) is 0 Å². The van der Waals surface area contributed by atoms with Gasteiger partial charge in [-0.2, -0.15) is 0 Å². The van der Waals surface area contributed by atoms with E-state index >= 15 is 0 Å². The monoisotopic (exact) mass is 612 g/mol. The largest absolute Gasteiger partial charge is 0.308 e. The van der Waals surface area contributed by atoms with Crippen LogP contribution >= 0.6 is 0 Å². The van der Waals surface area contributed by atoms with Crippen molar-refractivity contribution in [1.29, 1.82) is 0 Å². The summed E-state index contributed by atoms with van der Waals surface area (Å²) in [5.41, 5.74) is 11.6. The van der Waals surface area contributed by atoms with Crippen molar-refractivity contribution in [1.82, 2.24) is 4.57 Å². The van der Waals surface area contributed by atoms with Crippen LogP contribution in [-0.2, 0) is 0 Å². The molecule has 48 heavy (non-hydrogen) atoms. The number of rotatable bonds is 6. The summed E-state index contributed by atoms with van der Waals surface area (Å²) in [6.07, 6.45) is 0. The maximum Gasteiger partial charge on any atom is 0.0781 e. The Kier molecular flexibility index (Phi) is 6.84. The molecule has 2 nitrogen and oxygen atoms in total. The Morgan fingerprint density at radius 3 is 1.52 bits per heavy atom. The summed E-state index contributed by atoms with van der Waals surface area (Å²) in [5.74, 6) is 0. The average molecular weight is 613 g/mol. The minimum Gasteiger partial charge on any atom is -0.308 e. The lowest BCUT2D eigenvalue weighted by atomic mass is 10.0. The normalized spacial score (nSPS) is 11.3. The Hall–Kier alpha value is -6.38. The molecule has 0 bridgehead atoms. The number of hydrogen-bond donors (Lipinski definition) is 0. The molecular formula is C46H32N2. The standard InChI is InChI=1S/C46H32N2/c1-3-14-33(15-4-1)35-26-29-38(30-27-35)47(39-20-13-19-37(32-39)34-16-5-2-6-17-34)46-40-21-8-7-18-36(40)28-31-45(46)48-43-24-11-9-22-41(43)42-23-10-12-25-44(42)48/h1-32H. The third-order valence-corrected chi connectivity index (χ3v) is 9.37. The van der Waals surface area contributed by atoms with Crippen LogP contribution in [0.2, 0.25) is 0 Å². The van der Waals surface area contributed by atoms with E-state index in [1.54, 1.807) is 0 Å². The fraction of sp³-hybridized carbons (Fsp3) is 0. The smallest absolute Gasteiger partial charge is 0.0781 e. The Labute approximate surface area is 280 Å². The van der Waals surface area contributed by atoms with E-state index < -0.39 is 0 Å². The van der Waals surface area contributed by atoms with Crippen molar-refractivity contribution in [2.24, 2.45) is 0 Å². The highest BCUT2D eigenvalue weighted by molar-refractivity contribution is 6.11. The summed E-state index contributed by atoms with van der Waals surface area (Å²) in [6, 6.07) is 70.0. The molecule has 0 radical (unpaired) electrons. The van der Waals surface area contributed by atoms with Gasteiger partial charge in [0.1, 0.15) is 0 Å². The summed E-state index contributed by atoms with van der Waals surface area (Å²) in [7, 11) is 0. The molecule has 1 heterocycles. The first-order chi connectivity index (χ1) is 23.8. The maximum absolute atomic E-state index is 2.45. The van der Waals surface area contributed by atoms with E-state index in [0.29, 0.717) is 0 Å². The van der Waals surface area contributed by atoms with E-state index in [4.69, 9.17) is 0 Å². The molecule has 0 N–H and O–H groups in total. The van der Waals surface area contributed by atoms with E-state index in [9.17, 15) is 0 Å². The minimum absolute atomic E-state index is 1.10. The lowest BCUT2D eigenvalue weighted by molar-refractivity contribution is 1.16. The summed E-state index contributed by atoms with van der Waals surface area (Å²) in [5, 5.41) is 4.88. The molecule has 0 saturated carbocycles. The van der Waals surface area contributed by atoms with Crippen LogP contribution in [0.5, 0.6) is 0 Å². The zero-order valence-electron chi connectivity index (χ0n) is 26.4. The second-order valence-corrected chi connectivity index (χ2v) is 12.2. The molecule has 0 amide bonds. The van der Waals surface area contributed by atoms with Crippen LogP contribution in [0.25, 0.3) is 60.5 Å². The zero-order valence-corrected chi connectivity index (χ0v) is 26.4. The van der Waals surface area contributed by atoms with Crippen LogP contribution in [0.3, 0.4) is 0 Å². The highest BCUT2D eigenvalue weighted by Crippen LogP contribution is 2.46. The predicted molar refractivity (Wildman–Crippen MR) is 204 cm³/mol. The number of aromatic nitrogens is 1. The first-order valence-corrected chi connectivity index (χ1v) is 16.4. The van der Waals surface area contributed by atoms with Crippen LogP contribution in [-0.4, -0.2) is 4.57 Å². The van der Waals surface area contributed by atoms with Crippen LogP contribution in [0.4, 0.5) is 17.1 Å². The van der Waals surface area contributed by atoms with Crippen molar-refractivity contribution in [2.45, 2.75) is 0 Å². The van der Waals surface area contributed by atoms with Gasteiger partial charge in [0, 0.05) is 27.5 Å². The third-order valence-electron chi connectivity index (χ3n) is 9.37. The van der Waals surface area contributed by atoms with Crippen LogP contribution in [0.1, 0.15) is 0 Å². The van der Waals surface area contributed by atoms with Crippen molar-refractivity contribution >= 4 is 49.6 Å². The average Bonchev–Trinajstić information content (AvgIpc) is 3.50. The van der Waals surface area contributed by atoms with E-state index in [1.165, 1.54) is 54.8 Å². The summed E-state index contributed by atoms with van der Waals surface area (Å²) < 4.78 is 2.44. The van der Waals surface area contributed by atoms with Crippen LogP contribution in [0, 0.1) is 0 Å². The van der Waals surface area contributed by atoms with E-state index in [2.05, 4.69) is 204 Å². The number of fused-ring (bicyclic) bond motifs is 4. The van der Waals surface area contributed by atoms with Gasteiger partial charge in [0.2, 0.25) is 0 Å². The molecule has 2 heteroatoms. The molecule has 0 aliphatic carbocycles. The molecule has 0 unspecified atom stereocenters. The van der Waals surface area contributed by atoms with Gasteiger partial charge in [0.25, 0.3) is 0 Å². The molecule has 226 valence electrons. The van der Waals surface area contributed by atoms with Crippen LogP contribution < -0.4 is 4.90 Å². The minimum atomic E-state index is 1.10. The van der Waals surface area contributed by atoms with Crippen LogP contribution in [0.15, 0.2) is 194 Å². The summed E-state index contributed by atoms with van der Waals surface area (Å²) in [6.45, 7) is 0. The second kappa shape index (κ2) is 11.8. The van der Waals surface area contributed by atoms with Gasteiger partial charge in [0.15, 0.2) is 0 Å². The first kappa shape index (κ1) is 27.9. The van der Waals surface area contributed by atoms with E-state index in [-0.39, 0.29) is 0 Å². The van der Waals surface area contributed by atoms with Crippen molar-refractivity contribution in [3.63, 3.8) is 0 Å². The number of para-hydroxylation sites is 2. The highest BCUT2D eigenvalue weighted by atomic mass is 15.2. The Morgan fingerprint density at radius 1 is 0.333 bits per heavy atom. The van der Waals surface area contributed by atoms with Gasteiger partial charge < -0.3 is 9.47 Å². The summed E-state index contributed by atoms with van der Waals surface area (Å²) in [4.78, 5) is 2.45. The molecule has 0 saturated heterocycles. The van der Waals surface area contributed by atoms with E-state index in [1.807, 2.05) is 0 Å². The molecule has 9 aromatic rings. The Bertz CT molecular complexity index is 2490. The van der Waals surface area contributed by atoms with Crippen molar-refractivity contribution in [3.8, 4) is 27.9 Å².